The molecule has 20 heavy (non-hydrogen) atoms. The van der Waals surface area contributed by atoms with E-state index in [-0.39, 0.29) is 5.82 Å². The summed E-state index contributed by atoms with van der Waals surface area (Å²) in [6, 6.07) is 12.0. The Morgan fingerprint density at radius 2 is 1.85 bits per heavy atom. The monoisotopic (exact) mass is 293 g/mol. The van der Waals surface area contributed by atoms with E-state index in [0.717, 1.165) is 11.3 Å². The van der Waals surface area contributed by atoms with Gasteiger partial charge in [-0.25, -0.2) is 4.39 Å². The molecule has 0 spiro atoms. The summed E-state index contributed by atoms with van der Waals surface area (Å²) in [6.07, 6.45) is -0.714. The highest BCUT2D eigenvalue weighted by atomic mass is 35.5. The molecule has 0 aliphatic heterocycles. The SMILES string of the molecule is C[C@@H](O)c1cc(F)ccc1N(C)Cc1ccc(Cl)cc1. The molecule has 106 valence electrons. The van der Waals surface area contributed by atoms with Crippen molar-refractivity contribution in [2.75, 3.05) is 11.9 Å². The first-order valence-electron chi connectivity index (χ1n) is 6.40. The molecule has 0 aliphatic carbocycles. The average molecular weight is 294 g/mol. The number of aliphatic hydroxyl groups excluding tert-OH is 1. The Morgan fingerprint density at radius 3 is 2.45 bits per heavy atom. The quantitative estimate of drug-likeness (QED) is 0.914. The number of halogens is 2. The van der Waals surface area contributed by atoms with Crippen LogP contribution in [0, 0.1) is 5.82 Å². The second-order valence-electron chi connectivity index (χ2n) is 4.86. The number of aliphatic hydroxyl groups is 1. The van der Waals surface area contributed by atoms with Gasteiger partial charge in [-0.1, -0.05) is 23.7 Å². The van der Waals surface area contributed by atoms with Crippen LogP contribution in [-0.2, 0) is 6.54 Å². The standard InChI is InChI=1S/C16H17ClFNO/c1-11(20)15-9-14(18)7-8-16(15)19(2)10-12-3-5-13(17)6-4-12/h3-9,11,20H,10H2,1-2H3/t11-/m1/s1. The van der Waals surface area contributed by atoms with Crippen molar-refractivity contribution >= 4 is 17.3 Å². The van der Waals surface area contributed by atoms with Crippen molar-refractivity contribution in [1.82, 2.24) is 0 Å². The Morgan fingerprint density at radius 1 is 1.20 bits per heavy atom. The van der Waals surface area contributed by atoms with E-state index in [1.54, 1.807) is 13.0 Å². The zero-order valence-corrected chi connectivity index (χ0v) is 12.2. The molecule has 0 amide bonds. The van der Waals surface area contributed by atoms with E-state index in [9.17, 15) is 9.50 Å². The number of benzene rings is 2. The Bertz CT molecular complexity index is 584. The van der Waals surface area contributed by atoms with Gasteiger partial charge < -0.3 is 10.0 Å². The van der Waals surface area contributed by atoms with Gasteiger partial charge in [0.15, 0.2) is 0 Å². The fourth-order valence-corrected chi connectivity index (χ4v) is 2.28. The molecule has 1 atom stereocenters. The van der Waals surface area contributed by atoms with Crippen LogP contribution >= 0.6 is 11.6 Å². The van der Waals surface area contributed by atoms with Crippen LogP contribution in [0.5, 0.6) is 0 Å². The van der Waals surface area contributed by atoms with E-state index in [4.69, 9.17) is 11.6 Å². The third-order valence-electron chi connectivity index (χ3n) is 3.18. The Hall–Kier alpha value is -1.58. The van der Waals surface area contributed by atoms with E-state index in [2.05, 4.69) is 0 Å². The maximum absolute atomic E-state index is 13.3. The fourth-order valence-electron chi connectivity index (χ4n) is 2.16. The topological polar surface area (TPSA) is 23.5 Å². The van der Waals surface area contributed by atoms with E-state index < -0.39 is 6.10 Å². The minimum Gasteiger partial charge on any atom is -0.389 e. The molecule has 0 aromatic heterocycles. The van der Waals surface area contributed by atoms with Crippen LogP contribution in [-0.4, -0.2) is 12.2 Å². The third kappa shape index (κ3) is 3.50. The van der Waals surface area contributed by atoms with Crippen LogP contribution in [0.3, 0.4) is 0 Å². The molecule has 0 bridgehead atoms. The van der Waals surface area contributed by atoms with E-state index in [0.29, 0.717) is 17.1 Å². The zero-order valence-electron chi connectivity index (χ0n) is 11.5. The maximum atomic E-state index is 13.3. The minimum atomic E-state index is -0.714. The molecule has 0 unspecified atom stereocenters. The molecule has 0 fully saturated rings. The van der Waals surface area contributed by atoms with Crippen molar-refractivity contribution in [2.24, 2.45) is 0 Å². The first-order valence-corrected chi connectivity index (χ1v) is 6.78. The molecule has 0 heterocycles. The van der Waals surface area contributed by atoms with Crippen LogP contribution in [0.4, 0.5) is 10.1 Å². The molecule has 2 aromatic carbocycles. The van der Waals surface area contributed by atoms with Crippen LogP contribution < -0.4 is 4.90 Å². The smallest absolute Gasteiger partial charge is 0.123 e. The molecule has 0 saturated heterocycles. The number of nitrogens with zero attached hydrogens (tertiary/aromatic N) is 1. The van der Waals surface area contributed by atoms with Gasteiger partial charge in [0, 0.05) is 29.9 Å². The Kier molecular flexibility index (Phi) is 4.63. The maximum Gasteiger partial charge on any atom is 0.123 e. The summed E-state index contributed by atoms with van der Waals surface area (Å²) in [5.41, 5.74) is 2.50. The summed E-state index contributed by atoms with van der Waals surface area (Å²) in [7, 11) is 1.91. The van der Waals surface area contributed by atoms with Crippen LogP contribution in [0.1, 0.15) is 24.2 Å². The number of hydrogen-bond donors (Lipinski definition) is 1. The minimum absolute atomic E-state index is 0.343. The van der Waals surface area contributed by atoms with Crippen LogP contribution in [0.2, 0.25) is 5.02 Å². The molecule has 2 nitrogen and oxygen atoms in total. The van der Waals surface area contributed by atoms with Crippen molar-refractivity contribution in [3.05, 3.63) is 64.4 Å². The van der Waals surface area contributed by atoms with Gasteiger partial charge >= 0.3 is 0 Å². The van der Waals surface area contributed by atoms with Gasteiger partial charge in [0.05, 0.1) is 6.10 Å². The van der Waals surface area contributed by atoms with E-state index >= 15 is 0 Å². The summed E-state index contributed by atoms with van der Waals surface area (Å²) in [5.74, 6) is -0.343. The Labute approximate surface area is 123 Å². The molecular formula is C16H17ClFNO. The largest absolute Gasteiger partial charge is 0.389 e. The second kappa shape index (κ2) is 6.25. The van der Waals surface area contributed by atoms with Crippen molar-refractivity contribution in [2.45, 2.75) is 19.6 Å². The predicted octanol–water partition coefficient (Wildman–Crippen LogP) is 4.17. The van der Waals surface area contributed by atoms with Crippen molar-refractivity contribution < 1.29 is 9.50 Å². The molecule has 0 saturated carbocycles. The molecule has 0 aliphatic rings. The lowest BCUT2D eigenvalue weighted by atomic mass is 10.1. The van der Waals surface area contributed by atoms with Gasteiger partial charge in [0.1, 0.15) is 5.82 Å². The summed E-state index contributed by atoms with van der Waals surface area (Å²) in [4.78, 5) is 1.98. The fraction of sp³-hybridized carbons (Fsp3) is 0.250. The summed E-state index contributed by atoms with van der Waals surface area (Å²) in [5, 5.41) is 10.5. The van der Waals surface area contributed by atoms with Crippen LogP contribution in [0.15, 0.2) is 42.5 Å². The molecule has 1 N–H and O–H groups in total. The van der Waals surface area contributed by atoms with Gasteiger partial charge in [-0.15, -0.1) is 0 Å². The van der Waals surface area contributed by atoms with Crippen molar-refractivity contribution in [3.63, 3.8) is 0 Å². The zero-order chi connectivity index (χ0) is 14.7. The molecule has 4 heteroatoms. The Balaban J connectivity index is 2.24. The highest BCUT2D eigenvalue weighted by Gasteiger charge is 2.13. The first kappa shape index (κ1) is 14.8. The normalized spacial score (nSPS) is 12.2. The molecule has 2 aromatic rings. The van der Waals surface area contributed by atoms with Crippen molar-refractivity contribution in [1.29, 1.82) is 0 Å². The molecule has 0 radical (unpaired) electrons. The van der Waals surface area contributed by atoms with E-state index in [1.807, 2.05) is 36.2 Å². The number of hydrogen-bond acceptors (Lipinski definition) is 2. The third-order valence-corrected chi connectivity index (χ3v) is 3.44. The summed E-state index contributed by atoms with van der Waals surface area (Å²) in [6.45, 7) is 2.29. The summed E-state index contributed by atoms with van der Waals surface area (Å²) < 4.78 is 13.3. The average Bonchev–Trinajstić information content (AvgIpc) is 2.41. The highest BCUT2D eigenvalue weighted by molar-refractivity contribution is 6.30. The predicted molar refractivity (Wildman–Crippen MR) is 80.6 cm³/mol. The van der Waals surface area contributed by atoms with E-state index in [1.165, 1.54) is 12.1 Å². The van der Waals surface area contributed by atoms with Gasteiger partial charge in [-0.2, -0.15) is 0 Å². The number of rotatable bonds is 4. The molecule has 2 rings (SSSR count). The van der Waals surface area contributed by atoms with Gasteiger partial charge in [-0.3, -0.25) is 0 Å². The number of anilines is 1. The lowest BCUT2D eigenvalue weighted by molar-refractivity contribution is 0.199. The van der Waals surface area contributed by atoms with Gasteiger partial charge in [-0.05, 0) is 42.8 Å². The lowest BCUT2D eigenvalue weighted by Gasteiger charge is -2.24. The van der Waals surface area contributed by atoms with Crippen molar-refractivity contribution in [3.8, 4) is 0 Å². The second-order valence-corrected chi connectivity index (χ2v) is 5.30. The summed E-state index contributed by atoms with van der Waals surface area (Å²) >= 11 is 5.86. The lowest BCUT2D eigenvalue weighted by Crippen LogP contribution is -2.18. The highest BCUT2D eigenvalue weighted by Crippen LogP contribution is 2.27. The van der Waals surface area contributed by atoms with Crippen LogP contribution in [0.25, 0.3) is 0 Å². The molecular weight excluding hydrogens is 277 g/mol. The van der Waals surface area contributed by atoms with Gasteiger partial charge in [0.2, 0.25) is 0 Å². The first-order chi connectivity index (χ1) is 9.47. The van der Waals surface area contributed by atoms with Gasteiger partial charge in [0.25, 0.3) is 0 Å².